The van der Waals surface area contributed by atoms with E-state index in [0.29, 0.717) is 31.6 Å². The Kier molecular flexibility index (Phi) is 7.00. The molecule has 1 unspecified atom stereocenters. The van der Waals surface area contributed by atoms with Crippen molar-refractivity contribution >= 4 is 17.8 Å². The van der Waals surface area contributed by atoms with Crippen molar-refractivity contribution in [3.8, 4) is 0 Å². The monoisotopic (exact) mass is 529 g/mol. The molecule has 2 heterocycles. The first-order valence-electron chi connectivity index (χ1n) is 13.6. The Labute approximate surface area is 215 Å². The van der Waals surface area contributed by atoms with Crippen molar-refractivity contribution in [2.45, 2.75) is 88.1 Å². The second-order valence-electron chi connectivity index (χ2n) is 12.6. The zero-order valence-electron chi connectivity index (χ0n) is 21.4. The van der Waals surface area contributed by atoms with Crippen LogP contribution >= 0.6 is 0 Å². The highest BCUT2D eigenvalue weighted by molar-refractivity contribution is 5.85. The molecule has 8 nitrogen and oxygen atoms in total. The number of alkyl halides is 3. The molecule has 2 N–H and O–H groups in total. The van der Waals surface area contributed by atoms with E-state index < -0.39 is 12.1 Å². The van der Waals surface area contributed by atoms with Crippen molar-refractivity contribution in [3.05, 3.63) is 0 Å². The van der Waals surface area contributed by atoms with Gasteiger partial charge < -0.3 is 20.1 Å². The number of likely N-dealkylation sites (tertiary alicyclic amines) is 1. The predicted molar refractivity (Wildman–Crippen MR) is 126 cm³/mol. The number of aliphatic carboxylic acids is 1. The molecule has 7 fully saturated rings. The summed E-state index contributed by atoms with van der Waals surface area (Å²) in [5.74, 6) is 0.164. The van der Waals surface area contributed by atoms with Gasteiger partial charge in [-0.1, -0.05) is 12.8 Å². The van der Waals surface area contributed by atoms with Crippen molar-refractivity contribution in [2.24, 2.45) is 23.2 Å². The Hall–Kier alpha value is -1.88. The Balaban J connectivity index is 0.000000355. The standard InChI is InChI=1S/C24H37N3O3.C2HF3O2/c1-26-13-24(30-12-20(26)21(28)25-19-4-2-3-5-19)14-27(15-24)22(29)23-9-16-6-17(10-23)8-18(7-16)11-23;3-2(4,5)1(6)7/h16-20H,2-15H2,1H3,(H,25,28);(H,6,7). The van der Waals surface area contributed by atoms with Crippen molar-refractivity contribution in [2.75, 3.05) is 33.3 Å². The number of nitrogens with one attached hydrogen (secondary N) is 1. The number of hydrogen-bond acceptors (Lipinski definition) is 5. The van der Waals surface area contributed by atoms with E-state index in [-0.39, 0.29) is 23.0 Å². The number of nitrogens with zero attached hydrogens (tertiary/aromatic N) is 2. The van der Waals surface area contributed by atoms with Gasteiger partial charge in [-0.2, -0.15) is 13.2 Å². The number of morpholine rings is 1. The van der Waals surface area contributed by atoms with E-state index in [1.165, 1.54) is 32.1 Å². The lowest BCUT2D eigenvalue weighted by atomic mass is 9.49. The van der Waals surface area contributed by atoms with E-state index >= 15 is 0 Å². The number of likely N-dealkylation sites (N-methyl/N-ethyl adjacent to an activating group) is 1. The van der Waals surface area contributed by atoms with E-state index in [0.717, 1.165) is 56.4 Å². The minimum atomic E-state index is -5.08. The second-order valence-corrected chi connectivity index (χ2v) is 12.6. The Bertz CT molecular complexity index is 878. The minimum Gasteiger partial charge on any atom is -0.475 e. The van der Waals surface area contributed by atoms with Gasteiger partial charge in [0.05, 0.1) is 25.1 Å². The van der Waals surface area contributed by atoms with Crippen LogP contribution in [0.25, 0.3) is 0 Å². The Morgan fingerprint density at radius 3 is 1.92 bits per heavy atom. The molecule has 2 aliphatic heterocycles. The molecule has 11 heteroatoms. The third kappa shape index (κ3) is 5.35. The minimum absolute atomic E-state index is 0.0549. The lowest BCUT2D eigenvalue weighted by molar-refractivity contribution is -0.211. The van der Waals surface area contributed by atoms with E-state index in [9.17, 15) is 22.8 Å². The van der Waals surface area contributed by atoms with E-state index in [4.69, 9.17) is 14.6 Å². The van der Waals surface area contributed by atoms with Gasteiger partial charge in [-0.15, -0.1) is 0 Å². The molecule has 2 saturated heterocycles. The number of carboxylic acid groups (broad SMARTS) is 1. The normalized spacial score (nSPS) is 36.6. The summed E-state index contributed by atoms with van der Waals surface area (Å²) in [5, 5.41) is 10.3. The number of carbonyl (C=O) groups is 3. The third-order valence-electron chi connectivity index (χ3n) is 9.60. The summed E-state index contributed by atoms with van der Waals surface area (Å²) in [6.45, 7) is 2.58. The molecule has 208 valence electrons. The first-order valence-corrected chi connectivity index (χ1v) is 13.6. The predicted octanol–water partition coefficient (Wildman–Crippen LogP) is 2.81. The van der Waals surface area contributed by atoms with E-state index in [1.807, 2.05) is 7.05 Å². The molecular formula is C26H38F3N3O5. The number of rotatable bonds is 3. The summed E-state index contributed by atoms with van der Waals surface area (Å²) in [5.41, 5.74) is -0.322. The first kappa shape index (κ1) is 26.7. The third-order valence-corrected chi connectivity index (χ3v) is 9.60. The zero-order valence-corrected chi connectivity index (χ0v) is 21.4. The second kappa shape index (κ2) is 9.70. The maximum Gasteiger partial charge on any atom is 0.490 e. The zero-order chi connectivity index (χ0) is 26.6. The fourth-order valence-electron chi connectivity index (χ4n) is 8.33. The molecule has 0 radical (unpaired) electrons. The van der Waals surface area contributed by atoms with Crippen LogP contribution in [0.4, 0.5) is 13.2 Å². The van der Waals surface area contributed by atoms with Crippen LogP contribution in [0.2, 0.25) is 0 Å². The largest absolute Gasteiger partial charge is 0.490 e. The summed E-state index contributed by atoms with van der Waals surface area (Å²) in [7, 11) is 2.03. The van der Waals surface area contributed by atoms with Crippen LogP contribution < -0.4 is 5.32 Å². The first-order chi connectivity index (χ1) is 17.4. The number of hydrogen-bond donors (Lipinski definition) is 2. The average Bonchev–Trinajstić information content (AvgIpc) is 3.28. The molecule has 0 aromatic heterocycles. The van der Waals surface area contributed by atoms with E-state index in [2.05, 4.69) is 15.1 Å². The molecule has 7 aliphatic rings. The number of halogens is 3. The summed E-state index contributed by atoms with van der Waals surface area (Å²) >= 11 is 0. The van der Waals surface area contributed by atoms with Crippen LogP contribution in [-0.2, 0) is 19.1 Å². The smallest absolute Gasteiger partial charge is 0.475 e. The number of carboxylic acids is 1. The van der Waals surface area contributed by atoms with Gasteiger partial charge in [0.15, 0.2) is 0 Å². The van der Waals surface area contributed by atoms with Crippen molar-refractivity contribution in [1.29, 1.82) is 0 Å². The van der Waals surface area contributed by atoms with Crippen LogP contribution in [-0.4, -0.2) is 89.8 Å². The maximum absolute atomic E-state index is 13.5. The van der Waals surface area contributed by atoms with Gasteiger partial charge in [0.1, 0.15) is 11.6 Å². The molecule has 1 spiro atoms. The molecule has 4 bridgehead atoms. The Morgan fingerprint density at radius 1 is 0.946 bits per heavy atom. The van der Waals surface area contributed by atoms with E-state index in [1.54, 1.807) is 0 Å². The van der Waals surface area contributed by atoms with Crippen LogP contribution in [0.5, 0.6) is 0 Å². The fourth-order valence-corrected chi connectivity index (χ4v) is 8.33. The topological polar surface area (TPSA) is 99.2 Å². The summed E-state index contributed by atoms with van der Waals surface area (Å²) in [6.07, 6.45) is 7.07. The van der Waals surface area contributed by atoms with Crippen molar-refractivity contribution in [3.63, 3.8) is 0 Å². The van der Waals surface area contributed by atoms with Gasteiger partial charge in [0.25, 0.3) is 0 Å². The van der Waals surface area contributed by atoms with Crippen LogP contribution in [0.1, 0.15) is 64.2 Å². The molecule has 7 rings (SSSR count). The molecule has 5 saturated carbocycles. The van der Waals surface area contributed by atoms with Gasteiger partial charge in [0.2, 0.25) is 11.8 Å². The van der Waals surface area contributed by atoms with Crippen LogP contribution in [0.15, 0.2) is 0 Å². The lowest BCUT2D eigenvalue weighted by Gasteiger charge is -2.60. The number of carbonyl (C=O) groups excluding carboxylic acids is 2. The van der Waals surface area contributed by atoms with Crippen LogP contribution in [0, 0.1) is 23.2 Å². The summed E-state index contributed by atoms with van der Waals surface area (Å²) in [4.78, 5) is 39.4. The highest BCUT2D eigenvalue weighted by Gasteiger charge is 2.59. The van der Waals surface area contributed by atoms with Crippen molar-refractivity contribution in [1.82, 2.24) is 15.1 Å². The average molecular weight is 530 g/mol. The molecule has 0 aromatic rings. The lowest BCUT2D eigenvalue weighted by Crippen LogP contribution is -2.74. The molecule has 2 amide bonds. The molecule has 1 atom stereocenters. The van der Waals surface area contributed by atoms with Gasteiger partial charge in [-0.3, -0.25) is 14.5 Å². The number of ether oxygens (including phenoxy) is 1. The number of amides is 2. The molecule has 37 heavy (non-hydrogen) atoms. The highest BCUT2D eigenvalue weighted by atomic mass is 19.4. The van der Waals surface area contributed by atoms with Crippen molar-refractivity contribution < 1.29 is 37.4 Å². The summed E-state index contributed by atoms with van der Waals surface area (Å²) in [6, 6.07) is 0.142. The molecular weight excluding hydrogens is 491 g/mol. The highest BCUT2D eigenvalue weighted by Crippen LogP contribution is 2.61. The molecule has 0 aromatic carbocycles. The van der Waals surface area contributed by atoms with Gasteiger partial charge in [-0.25, -0.2) is 4.79 Å². The van der Waals surface area contributed by atoms with Gasteiger partial charge >= 0.3 is 12.1 Å². The van der Waals surface area contributed by atoms with Gasteiger partial charge in [-0.05, 0) is 76.2 Å². The molecule has 5 aliphatic carbocycles. The fraction of sp³-hybridized carbons (Fsp3) is 0.885. The maximum atomic E-state index is 13.5. The summed E-state index contributed by atoms with van der Waals surface area (Å²) < 4.78 is 38.0. The SMILES string of the molecule is CN1CC2(CN(C(=O)C34CC5CC(CC(C5)C3)C4)C2)OCC1C(=O)NC1CCCC1.O=C(O)C(F)(F)F. The Morgan fingerprint density at radius 2 is 1.46 bits per heavy atom. The van der Waals surface area contributed by atoms with Gasteiger partial charge in [0, 0.05) is 12.6 Å². The van der Waals surface area contributed by atoms with Crippen LogP contribution in [0.3, 0.4) is 0 Å². The quantitative estimate of drug-likeness (QED) is 0.584.